The average Bonchev–Trinajstić information content (AvgIpc) is 4.16. The quantitative estimate of drug-likeness (QED) is 0.0830. The molecule has 0 saturated carbocycles. The van der Waals surface area contributed by atoms with E-state index in [2.05, 4.69) is 50.6 Å². The molecule has 6 aromatic rings. The number of nitrogens with two attached hydrogens (primary N) is 1. The molecule has 2 fully saturated rings. The van der Waals surface area contributed by atoms with Gasteiger partial charge in [0.25, 0.3) is 5.91 Å². The summed E-state index contributed by atoms with van der Waals surface area (Å²) < 4.78 is 18.7. The van der Waals surface area contributed by atoms with Crippen LogP contribution < -0.4 is 21.7 Å². The van der Waals surface area contributed by atoms with Gasteiger partial charge in [0.15, 0.2) is 5.69 Å². The van der Waals surface area contributed by atoms with Crippen LogP contribution in [0.15, 0.2) is 86.0 Å². The molecule has 6 heterocycles. The minimum Gasteiger partial charge on any atom is -0.464 e. The van der Waals surface area contributed by atoms with Gasteiger partial charge in [-0.05, 0) is 62.1 Å². The Labute approximate surface area is 432 Å². The highest BCUT2D eigenvalue weighted by atomic mass is 35.5. The highest BCUT2D eigenvalue weighted by Gasteiger charge is 2.21. The molecule has 19 nitrogen and oxygen atoms in total. The third-order valence-corrected chi connectivity index (χ3v) is 10.4. The number of methoxy groups -OCH3 is 1. The molecule has 2 aliphatic rings. The van der Waals surface area contributed by atoms with Crippen LogP contribution in [0.3, 0.4) is 0 Å². The van der Waals surface area contributed by atoms with Gasteiger partial charge >= 0.3 is 5.97 Å². The first-order valence-electron chi connectivity index (χ1n) is 20.3. The molecule has 0 unspecified atom stereocenters. The summed E-state index contributed by atoms with van der Waals surface area (Å²) in [4.78, 5) is 50.1. The molecular weight excluding hydrogens is 996 g/mol. The first-order valence-corrected chi connectivity index (χ1v) is 21.0. The van der Waals surface area contributed by atoms with Crippen molar-refractivity contribution in [2.24, 2.45) is 5.73 Å². The molecule has 25 heteroatoms. The van der Waals surface area contributed by atoms with Crippen LogP contribution in [0, 0.1) is 13.8 Å². The van der Waals surface area contributed by atoms with Crippen LogP contribution in [-0.2, 0) is 14.2 Å². The first-order chi connectivity index (χ1) is 30.9. The number of aliphatic hydroxyl groups excluding tert-OH is 2. The number of hydrogen-bond acceptors (Lipinski definition) is 16. The Kier molecular flexibility index (Phi) is 25.7. The van der Waals surface area contributed by atoms with E-state index in [-0.39, 0.29) is 96.7 Å². The van der Waals surface area contributed by atoms with Crippen molar-refractivity contribution in [3.8, 4) is 11.6 Å². The maximum absolute atomic E-state index is 12.7. The van der Waals surface area contributed by atoms with E-state index >= 15 is 0 Å². The fourth-order valence-electron chi connectivity index (χ4n) is 6.43. The van der Waals surface area contributed by atoms with Gasteiger partial charge in [0.1, 0.15) is 30.0 Å². The minimum atomic E-state index is -0.596. The number of nitrogens with zero attached hydrogens (tertiary/aromatic N) is 8. The summed E-state index contributed by atoms with van der Waals surface area (Å²) >= 11 is 11.7. The van der Waals surface area contributed by atoms with Gasteiger partial charge in [-0.2, -0.15) is 64.0 Å². The summed E-state index contributed by atoms with van der Waals surface area (Å²) in [7, 11) is 1.32. The van der Waals surface area contributed by atoms with Gasteiger partial charge in [-0.1, -0.05) is 47.5 Å². The number of aryl methyl sites for hydroxylation is 2. The van der Waals surface area contributed by atoms with E-state index in [0.717, 1.165) is 42.7 Å². The van der Waals surface area contributed by atoms with Crippen molar-refractivity contribution in [3.05, 3.63) is 130 Å². The molecule has 2 saturated heterocycles. The van der Waals surface area contributed by atoms with E-state index in [1.807, 2.05) is 26.0 Å². The number of amides is 1. The summed E-state index contributed by atoms with van der Waals surface area (Å²) in [5, 5.41) is 28.9. The van der Waals surface area contributed by atoms with Crippen LogP contribution in [0.4, 0.5) is 11.9 Å². The van der Waals surface area contributed by atoms with Crippen molar-refractivity contribution in [1.82, 2.24) is 44.4 Å². The second-order valence-corrected chi connectivity index (χ2v) is 15.6. The monoisotopic (exact) mass is 1050 g/mol. The van der Waals surface area contributed by atoms with Gasteiger partial charge in [0, 0.05) is 59.2 Å². The van der Waals surface area contributed by atoms with Crippen LogP contribution in [0.1, 0.15) is 68.2 Å². The van der Waals surface area contributed by atoms with E-state index in [4.69, 9.17) is 43.5 Å². The fraction of sp³-hybridized carbons (Fsp3) is 0.349. The topological polar surface area (TPSA) is 252 Å². The van der Waals surface area contributed by atoms with Crippen molar-refractivity contribution in [3.63, 3.8) is 0 Å². The standard InChI is InChI=1S/C21H23ClN6O3.C14H17N5O3.C8H10ClNO.4H2S/c1-13-8-23-21(25-16-5-6-31-11-16)27-19(13)28-9-17(24-12-28)20(30)26-18(10-29)14-3-2-4-15(22)7-14;1-9-5-15-14(17-10-3-4-22-7-10)18-12(9)19-6-11(16-8-19)13(20)21-2;9-7-3-1-2-6(4-7)8(10)5-11;;;;/h2-4,7-9,12,16,18,29H,5-6,10-11H2,1H3,(H,26,30)(H,23,25,27);5-6,8,10H,3-4,7H2,1-2H3,(H,15,17,18);1-4,8,11H,5,10H2;4*1H2/t16-,18+;10-;8-;;;;/m001..../s1. The Morgan fingerprint density at radius 1 is 0.765 bits per heavy atom. The van der Waals surface area contributed by atoms with E-state index in [1.54, 1.807) is 70.3 Å². The van der Waals surface area contributed by atoms with Crippen molar-refractivity contribution in [2.45, 2.75) is 50.9 Å². The number of aliphatic hydroxyl groups is 2. The number of nitrogens with one attached hydrogen (secondary N) is 3. The lowest BCUT2D eigenvalue weighted by Gasteiger charge is -2.16. The van der Waals surface area contributed by atoms with Gasteiger partial charge in [0.05, 0.1) is 57.7 Å². The first kappa shape index (κ1) is 59.5. The van der Waals surface area contributed by atoms with Crippen molar-refractivity contribution in [2.75, 3.05) is 57.4 Å². The van der Waals surface area contributed by atoms with Gasteiger partial charge in [-0.25, -0.2) is 24.7 Å². The molecule has 2 aromatic carbocycles. The molecule has 68 heavy (non-hydrogen) atoms. The molecule has 370 valence electrons. The maximum atomic E-state index is 12.7. The van der Waals surface area contributed by atoms with Gasteiger partial charge in [-0.3, -0.25) is 13.9 Å². The third kappa shape index (κ3) is 16.8. The Hall–Kier alpha value is -4.66. The number of anilines is 2. The molecule has 2 aliphatic heterocycles. The normalized spacial score (nSPS) is 15.4. The number of esters is 1. The molecule has 0 spiro atoms. The second kappa shape index (κ2) is 29.4. The molecule has 8 rings (SSSR count). The number of ether oxygens (including phenoxy) is 3. The van der Waals surface area contributed by atoms with Crippen molar-refractivity contribution >= 4 is 101 Å². The Morgan fingerprint density at radius 3 is 1.71 bits per heavy atom. The van der Waals surface area contributed by atoms with E-state index in [9.17, 15) is 14.7 Å². The molecular formula is C43H58Cl2N12O7S4. The third-order valence-electron chi connectivity index (χ3n) is 9.91. The van der Waals surface area contributed by atoms with E-state index in [1.165, 1.54) is 19.8 Å². The Morgan fingerprint density at radius 2 is 1.25 bits per heavy atom. The maximum Gasteiger partial charge on any atom is 0.358 e. The van der Waals surface area contributed by atoms with E-state index < -0.39 is 17.9 Å². The predicted molar refractivity (Wildman–Crippen MR) is 281 cm³/mol. The zero-order valence-corrected chi connectivity index (χ0v) is 42.9. The predicted octanol–water partition coefficient (Wildman–Crippen LogP) is 5.03. The lowest BCUT2D eigenvalue weighted by molar-refractivity contribution is 0.0594. The zero-order valence-electron chi connectivity index (χ0n) is 37.4. The summed E-state index contributed by atoms with van der Waals surface area (Å²) in [5.74, 6) is 1.43. The van der Waals surface area contributed by atoms with Crippen LogP contribution >= 0.6 is 77.2 Å². The van der Waals surface area contributed by atoms with E-state index in [0.29, 0.717) is 52.4 Å². The van der Waals surface area contributed by atoms with Gasteiger partial charge in [-0.15, -0.1) is 0 Å². The molecule has 1 amide bonds. The molecule has 7 N–H and O–H groups in total. The molecule has 0 radical (unpaired) electrons. The van der Waals surface area contributed by atoms with Crippen molar-refractivity contribution in [1.29, 1.82) is 0 Å². The van der Waals surface area contributed by atoms with Gasteiger partial charge in [0.2, 0.25) is 11.9 Å². The summed E-state index contributed by atoms with van der Waals surface area (Å²) in [5.41, 5.74) is 9.28. The van der Waals surface area contributed by atoms with Gasteiger partial charge < -0.3 is 46.1 Å². The molecule has 4 atom stereocenters. The Bertz CT molecular complexity index is 2500. The second-order valence-electron chi connectivity index (χ2n) is 14.7. The van der Waals surface area contributed by atoms with Crippen molar-refractivity contribution < 1.29 is 34.0 Å². The number of aromatic nitrogens is 8. The summed E-state index contributed by atoms with van der Waals surface area (Å²) in [6.45, 7) is 6.22. The largest absolute Gasteiger partial charge is 0.464 e. The molecule has 4 aromatic heterocycles. The highest BCUT2D eigenvalue weighted by Crippen LogP contribution is 2.21. The highest BCUT2D eigenvalue weighted by molar-refractivity contribution is 7.59. The SMILES string of the molecule is COC(=O)c1cn(-c2nc(N[C@H]3CCOC3)ncc2C)cn1.Cc1cnc(N[C@H]2CCOC2)nc1-n1cnc(C(=O)N[C@H](CO)c2cccc(Cl)c2)c1.N[C@H](CO)c1cccc(Cl)c1.S.S.S.S. The smallest absolute Gasteiger partial charge is 0.358 e. The zero-order chi connectivity index (χ0) is 45.6. The fourth-order valence-corrected chi connectivity index (χ4v) is 6.82. The molecule has 0 aliphatic carbocycles. The lowest BCUT2D eigenvalue weighted by Crippen LogP contribution is -2.31. The number of imidazole rings is 2. The van der Waals surface area contributed by atoms with Crippen LogP contribution in [0.2, 0.25) is 10.0 Å². The summed E-state index contributed by atoms with van der Waals surface area (Å²) in [6.07, 6.45) is 11.5. The van der Waals surface area contributed by atoms with Crippen LogP contribution in [-0.4, -0.2) is 120 Å². The average molecular weight is 1050 g/mol. The Balaban J connectivity index is 0.000000376. The number of carbonyl (C=O) groups excluding carboxylic acids is 2. The number of hydrogen-bond donors (Lipinski definition) is 6. The summed E-state index contributed by atoms with van der Waals surface area (Å²) in [6, 6.07) is 13.7. The number of benzene rings is 2. The molecule has 0 bridgehead atoms. The van der Waals surface area contributed by atoms with Crippen LogP contribution in [0.5, 0.6) is 0 Å². The number of halogens is 2. The van der Waals surface area contributed by atoms with Crippen LogP contribution in [0.25, 0.3) is 11.6 Å². The number of carbonyl (C=O) groups is 2. The number of rotatable bonds is 13. The lowest BCUT2D eigenvalue weighted by atomic mass is 10.1. The minimum absolute atomic E-state index is 0.